The monoisotopic (exact) mass is 687 g/mol. The molecule has 1 saturated heterocycles. The summed E-state index contributed by atoms with van der Waals surface area (Å²) in [4.78, 5) is 50.3. The number of urea groups is 1. The summed E-state index contributed by atoms with van der Waals surface area (Å²) in [7, 11) is 0. The van der Waals surface area contributed by atoms with Crippen LogP contribution in [0.2, 0.25) is 0 Å². The Balaban J connectivity index is 1.62. The van der Waals surface area contributed by atoms with E-state index in [9.17, 15) is 24.5 Å². The van der Waals surface area contributed by atoms with Gasteiger partial charge in [-0.3, -0.25) is 25.0 Å². The summed E-state index contributed by atoms with van der Waals surface area (Å²) in [6.07, 6.45) is 1.36. The fourth-order valence-electron chi connectivity index (χ4n) is 3.92. The minimum Gasteiger partial charge on any atom is -0.494 e. The van der Waals surface area contributed by atoms with Crippen LogP contribution in [0.3, 0.4) is 0 Å². The van der Waals surface area contributed by atoms with Gasteiger partial charge in [0.2, 0.25) is 0 Å². The quantitative estimate of drug-likeness (QED) is 0.116. The minimum atomic E-state index is -0.913. The zero-order valence-electron chi connectivity index (χ0n) is 21.8. The third kappa shape index (κ3) is 6.74. The van der Waals surface area contributed by atoms with Crippen LogP contribution < -0.4 is 24.4 Å². The maximum atomic E-state index is 13.5. The van der Waals surface area contributed by atoms with Gasteiger partial charge in [0.1, 0.15) is 29.4 Å². The Morgan fingerprint density at radius 1 is 0.927 bits per heavy atom. The number of nitro groups is 1. The maximum Gasteiger partial charge on any atom is 0.336 e. The molecule has 0 aliphatic carbocycles. The Hall–Kier alpha value is -4.23. The topological polar surface area (TPSA) is 137 Å². The van der Waals surface area contributed by atoms with Gasteiger partial charge < -0.3 is 14.2 Å². The predicted octanol–water partition coefficient (Wildman–Crippen LogP) is 6.16. The number of rotatable bonds is 10. The molecule has 1 aliphatic rings. The number of anilines is 1. The summed E-state index contributed by atoms with van der Waals surface area (Å²) in [5.74, 6) is -0.546. The van der Waals surface area contributed by atoms with Crippen molar-refractivity contribution in [3.05, 3.63) is 90.4 Å². The standard InChI is InChI=1S/C28H23Br2N3O8/c1-3-39-19-9-10-24(40-4-2)23(14-19)32-27(35)20(26(34)31-28(32)36)11-17-12-21(29)25(22(30)13-17)41-15-16-5-7-18(8-6-16)33(37)38/h5-14H,3-4,15H2,1-2H3,(H,31,34,36)/b20-11+. The van der Waals surface area contributed by atoms with Crippen LogP contribution in [0.1, 0.15) is 25.0 Å². The third-order valence-electron chi connectivity index (χ3n) is 5.75. The lowest BCUT2D eigenvalue weighted by Gasteiger charge is -2.28. The van der Waals surface area contributed by atoms with E-state index < -0.39 is 22.8 Å². The number of imide groups is 2. The molecule has 1 fully saturated rings. The molecule has 1 heterocycles. The molecule has 41 heavy (non-hydrogen) atoms. The van der Waals surface area contributed by atoms with Gasteiger partial charge in [-0.1, -0.05) is 0 Å². The number of carbonyl (C=O) groups excluding carboxylic acids is 3. The number of nitrogens with zero attached hydrogens (tertiary/aromatic N) is 2. The zero-order valence-corrected chi connectivity index (χ0v) is 25.0. The number of benzene rings is 3. The van der Waals surface area contributed by atoms with E-state index in [0.717, 1.165) is 10.5 Å². The van der Waals surface area contributed by atoms with E-state index in [-0.39, 0.29) is 35.9 Å². The Morgan fingerprint density at radius 2 is 1.59 bits per heavy atom. The highest BCUT2D eigenvalue weighted by Gasteiger charge is 2.38. The summed E-state index contributed by atoms with van der Waals surface area (Å²) in [5.41, 5.74) is 1.02. The van der Waals surface area contributed by atoms with Gasteiger partial charge in [-0.25, -0.2) is 9.69 Å². The summed E-state index contributed by atoms with van der Waals surface area (Å²) in [5, 5.41) is 13.1. The number of hydrogen-bond acceptors (Lipinski definition) is 8. The van der Waals surface area contributed by atoms with Gasteiger partial charge in [0.25, 0.3) is 17.5 Å². The van der Waals surface area contributed by atoms with Crippen molar-refractivity contribution < 1.29 is 33.5 Å². The third-order valence-corrected chi connectivity index (χ3v) is 6.92. The van der Waals surface area contributed by atoms with Crippen molar-refractivity contribution in [2.45, 2.75) is 20.5 Å². The molecule has 0 radical (unpaired) electrons. The van der Waals surface area contributed by atoms with Crippen LogP contribution in [-0.4, -0.2) is 36.0 Å². The van der Waals surface area contributed by atoms with E-state index in [1.807, 2.05) is 0 Å². The van der Waals surface area contributed by atoms with Crippen molar-refractivity contribution in [1.82, 2.24) is 5.32 Å². The molecule has 11 nitrogen and oxygen atoms in total. The average Bonchev–Trinajstić information content (AvgIpc) is 2.92. The van der Waals surface area contributed by atoms with Gasteiger partial charge >= 0.3 is 6.03 Å². The summed E-state index contributed by atoms with van der Waals surface area (Å²) in [6.45, 7) is 4.36. The van der Waals surface area contributed by atoms with Gasteiger partial charge in [-0.05, 0) is 99.3 Å². The van der Waals surface area contributed by atoms with E-state index in [2.05, 4.69) is 37.2 Å². The number of hydrogen-bond donors (Lipinski definition) is 1. The molecular weight excluding hydrogens is 666 g/mol. The van der Waals surface area contributed by atoms with Gasteiger partial charge in [0, 0.05) is 18.2 Å². The van der Waals surface area contributed by atoms with Crippen molar-refractivity contribution >= 4 is 67.2 Å². The molecule has 13 heteroatoms. The van der Waals surface area contributed by atoms with Crippen molar-refractivity contribution in [2.75, 3.05) is 18.1 Å². The van der Waals surface area contributed by atoms with Gasteiger partial charge in [-0.2, -0.15) is 0 Å². The Kier molecular flexibility index (Phi) is 9.40. The molecule has 0 bridgehead atoms. The molecule has 4 rings (SSSR count). The second-order valence-electron chi connectivity index (χ2n) is 8.48. The highest BCUT2D eigenvalue weighted by Crippen LogP contribution is 2.38. The zero-order chi connectivity index (χ0) is 29.7. The van der Waals surface area contributed by atoms with Crippen molar-refractivity contribution in [3.63, 3.8) is 0 Å². The van der Waals surface area contributed by atoms with Gasteiger partial charge in [0.15, 0.2) is 0 Å². The van der Waals surface area contributed by atoms with Crippen LogP contribution in [-0.2, 0) is 16.2 Å². The second-order valence-corrected chi connectivity index (χ2v) is 10.2. The average molecular weight is 689 g/mol. The fraction of sp³-hybridized carbons (Fsp3) is 0.179. The molecule has 3 aromatic carbocycles. The first-order chi connectivity index (χ1) is 19.6. The molecular formula is C28H23Br2N3O8. The van der Waals surface area contributed by atoms with Crippen molar-refractivity contribution in [2.24, 2.45) is 0 Å². The molecule has 4 amide bonds. The van der Waals surface area contributed by atoms with Crippen LogP contribution in [0.4, 0.5) is 16.2 Å². The first kappa shape index (κ1) is 29.7. The number of barbiturate groups is 1. The van der Waals surface area contributed by atoms with Crippen molar-refractivity contribution in [3.8, 4) is 17.2 Å². The molecule has 212 valence electrons. The number of ether oxygens (including phenoxy) is 3. The van der Waals surface area contributed by atoms with E-state index in [1.165, 1.54) is 24.3 Å². The molecule has 0 unspecified atom stereocenters. The van der Waals surface area contributed by atoms with E-state index in [4.69, 9.17) is 14.2 Å². The van der Waals surface area contributed by atoms with Crippen LogP contribution in [0.25, 0.3) is 6.08 Å². The van der Waals surface area contributed by atoms with Crippen LogP contribution >= 0.6 is 31.9 Å². The molecule has 3 aromatic rings. The first-order valence-corrected chi connectivity index (χ1v) is 13.9. The summed E-state index contributed by atoms with van der Waals surface area (Å²) >= 11 is 6.90. The lowest BCUT2D eigenvalue weighted by Crippen LogP contribution is -2.54. The number of non-ortho nitro benzene ring substituents is 1. The molecule has 0 atom stereocenters. The largest absolute Gasteiger partial charge is 0.494 e. The summed E-state index contributed by atoms with van der Waals surface area (Å²) < 4.78 is 18.1. The molecule has 0 aromatic heterocycles. The normalized spacial score (nSPS) is 14.2. The number of nitro benzene ring substituents is 1. The van der Waals surface area contributed by atoms with E-state index in [0.29, 0.717) is 32.6 Å². The van der Waals surface area contributed by atoms with Gasteiger partial charge in [-0.15, -0.1) is 0 Å². The molecule has 1 N–H and O–H groups in total. The lowest BCUT2D eigenvalue weighted by atomic mass is 10.1. The Labute approximate surface area is 251 Å². The lowest BCUT2D eigenvalue weighted by molar-refractivity contribution is -0.384. The fourth-order valence-corrected chi connectivity index (χ4v) is 5.37. The van der Waals surface area contributed by atoms with Crippen molar-refractivity contribution in [1.29, 1.82) is 0 Å². The smallest absolute Gasteiger partial charge is 0.336 e. The second kappa shape index (κ2) is 13.0. The Bertz CT molecular complexity index is 1530. The van der Waals surface area contributed by atoms with Crippen LogP contribution in [0, 0.1) is 10.1 Å². The van der Waals surface area contributed by atoms with E-state index in [1.54, 1.807) is 50.2 Å². The highest BCUT2D eigenvalue weighted by atomic mass is 79.9. The number of halogens is 2. The summed E-state index contributed by atoms with van der Waals surface area (Å²) in [6, 6.07) is 13.1. The van der Waals surface area contributed by atoms with E-state index >= 15 is 0 Å². The van der Waals surface area contributed by atoms with Gasteiger partial charge in [0.05, 0.1) is 32.8 Å². The maximum absolute atomic E-state index is 13.5. The number of carbonyl (C=O) groups is 3. The first-order valence-electron chi connectivity index (χ1n) is 12.3. The van der Waals surface area contributed by atoms with Crippen LogP contribution in [0.5, 0.6) is 17.2 Å². The molecule has 0 saturated carbocycles. The molecule has 0 spiro atoms. The Morgan fingerprint density at radius 3 is 2.20 bits per heavy atom. The molecule has 1 aliphatic heterocycles. The predicted molar refractivity (Wildman–Crippen MR) is 157 cm³/mol. The number of nitrogens with one attached hydrogen (secondary N) is 1. The number of amides is 4. The van der Waals surface area contributed by atoms with Crippen LogP contribution in [0.15, 0.2) is 69.1 Å². The SMILES string of the molecule is CCOc1ccc(OCC)c(N2C(=O)NC(=O)/C(=C\c3cc(Br)c(OCc4ccc([N+](=O)[O-])cc4)c(Br)c3)C2=O)c1. The minimum absolute atomic E-state index is 0.0221. The highest BCUT2D eigenvalue weighted by molar-refractivity contribution is 9.11.